The Hall–Kier alpha value is -1.96. The van der Waals surface area contributed by atoms with E-state index in [-0.39, 0.29) is 16.8 Å². The molecule has 1 heterocycles. The van der Waals surface area contributed by atoms with Gasteiger partial charge in [-0.15, -0.1) is 0 Å². The maximum absolute atomic E-state index is 12.9. The van der Waals surface area contributed by atoms with Gasteiger partial charge in [0.15, 0.2) is 0 Å². The lowest BCUT2D eigenvalue weighted by Crippen LogP contribution is -2.45. The Bertz CT molecular complexity index is 1090. The van der Waals surface area contributed by atoms with Gasteiger partial charge in [-0.2, -0.15) is 0 Å². The summed E-state index contributed by atoms with van der Waals surface area (Å²) in [7, 11) is -3.76. The van der Waals surface area contributed by atoms with E-state index in [9.17, 15) is 13.2 Å². The highest BCUT2D eigenvalue weighted by Gasteiger charge is 2.35. The van der Waals surface area contributed by atoms with Crippen LogP contribution in [0.25, 0.3) is 0 Å². The monoisotopic (exact) mass is 470 g/mol. The highest BCUT2D eigenvalue weighted by atomic mass is 35.5. The van der Waals surface area contributed by atoms with Gasteiger partial charge in [-0.25, -0.2) is 8.42 Å². The first kappa shape index (κ1) is 22.7. The number of fused-ring (bicyclic) bond motifs is 1. The van der Waals surface area contributed by atoms with Crippen LogP contribution in [0.4, 0.5) is 5.69 Å². The topological polar surface area (TPSA) is 75.7 Å². The molecular weight excluding hydrogens is 447 g/mol. The van der Waals surface area contributed by atoms with E-state index in [1.807, 2.05) is 39.0 Å². The van der Waals surface area contributed by atoms with Gasteiger partial charge >= 0.3 is 0 Å². The predicted octanol–water partition coefficient (Wildman–Crippen LogP) is 4.49. The van der Waals surface area contributed by atoms with Crippen LogP contribution in [0, 0.1) is 6.92 Å². The normalized spacial score (nSPS) is 17.6. The Morgan fingerprint density at radius 1 is 1.23 bits per heavy atom. The summed E-state index contributed by atoms with van der Waals surface area (Å²) >= 11 is 12.1. The lowest BCUT2D eigenvalue weighted by Gasteiger charge is -2.38. The van der Waals surface area contributed by atoms with E-state index in [0.29, 0.717) is 11.4 Å². The molecule has 1 atom stereocenters. The molecule has 0 saturated heterocycles. The Morgan fingerprint density at radius 3 is 2.57 bits per heavy atom. The minimum absolute atomic E-state index is 0.147. The molecule has 9 heteroatoms. The molecule has 1 aliphatic heterocycles. The molecule has 1 unspecified atom stereocenters. The number of nitrogens with zero attached hydrogens (tertiary/aromatic N) is 1. The Kier molecular flexibility index (Phi) is 6.28. The fourth-order valence-electron chi connectivity index (χ4n) is 3.52. The van der Waals surface area contributed by atoms with Crippen molar-refractivity contribution in [3.63, 3.8) is 0 Å². The van der Waals surface area contributed by atoms with Crippen LogP contribution in [0.5, 0.6) is 5.75 Å². The first-order chi connectivity index (χ1) is 13.9. The van der Waals surface area contributed by atoms with Crippen molar-refractivity contribution in [3.05, 3.63) is 57.6 Å². The number of halogens is 2. The van der Waals surface area contributed by atoms with Crippen LogP contribution in [0.15, 0.2) is 36.4 Å². The van der Waals surface area contributed by atoms with E-state index in [0.717, 1.165) is 27.4 Å². The van der Waals surface area contributed by atoms with Crippen molar-refractivity contribution in [2.24, 2.45) is 0 Å². The molecule has 162 valence electrons. The van der Waals surface area contributed by atoms with Crippen LogP contribution in [0.2, 0.25) is 10.0 Å². The van der Waals surface area contributed by atoms with Crippen LogP contribution in [-0.2, 0) is 14.8 Å². The molecule has 30 heavy (non-hydrogen) atoms. The number of anilines is 1. The average molecular weight is 471 g/mol. The molecular formula is C21H24Cl2N2O4S. The summed E-state index contributed by atoms with van der Waals surface area (Å²) in [5, 5.41) is 3.48. The third-order valence-electron chi connectivity index (χ3n) is 4.83. The number of hydrogen-bond donors (Lipinski definition) is 1. The lowest BCUT2D eigenvalue weighted by molar-refractivity contribution is -0.120. The summed E-state index contributed by atoms with van der Waals surface area (Å²) in [5.74, 6) is 0.276. The molecule has 1 amide bonds. The third kappa shape index (κ3) is 5.20. The largest absolute Gasteiger partial charge is 0.487 e. The molecule has 6 nitrogen and oxygen atoms in total. The van der Waals surface area contributed by atoms with Gasteiger partial charge in [0.2, 0.25) is 15.9 Å². The maximum atomic E-state index is 12.9. The van der Waals surface area contributed by atoms with Crippen LogP contribution in [-0.4, -0.2) is 32.7 Å². The molecule has 0 bridgehead atoms. The number of ether oxygens (including phenoxy) is 1. The number of rotatable bonds is 5. The Morgan fingerprint density at radius 2 is 1.93 bits per heavy atom. The zero-order valence-electron chi connectivity index (χ0n) is 17.2. The van der Waals surface area contributed by atoms with Crippen molar-refractivity contribution in [3.8, 4) is 5.75 Å². The number of carbonyl (C=O) groups excluding carboxylic acids is 1. The molecule has 0 saturated carbocycles. The quantitative estimate of drug-likeness (QED) is 0.698. The smallest absolute Gasteiger partial charge is 0.241 e. The van der Waals surface area contributed by atoms with Crippen molar-refractivity contribution in [1.29, 1.82) is 0 Å². The predicted molar refractivity (Wildman–Crippen MR) is 120 cm³/mol. The van der Waals surface area contributed by atoms with Crippen molar-refractivity contribution in [1.82, 2.24) is 5.32 Å². The van der Waals surface area contributed by atoms with Crippen LogP contribution in [0.1, 0.15) is 37.4 Å². The Balaban J connectivity index is 1.86. The number of sulfonamides is 1. The van der Waals surface area contributed by atoms with Gasteiger partial charge in [0, 0.05) is 17.0 Å². The van der Waals surface area contributed by atoms with Crippen molar-refractivity contribution < 1.29 is 17.9 Å². The molecule has 2 aromatic rings. The van der Waals surface area contributed by atoms with Gasteiger partial charge in [0.05, 0.1) is 23.0 Å². The molecule has 0 radical (unpaired) electrons. The minimum atomic E-state index is -3.76. The van der Waals surface area contributed by atoms with Crippen LogP contribution < -0.4 is 14.4 Å². The van der Waals surface area contributed by atoms with E-state index >= 15 is 0 Å². The van der Waals surface area contributed by atoms with Crippen LogP contribution in [0.3, 0.4) is 0 Å². The Labute approximate surface area is 187 Å². The summed E-state index contributed by atoms with van der Waals surface area (Å²) in [4.78, 5) is 12.9. The fourth-order valence-corrected chi connectivity index (χ4v) is 4.95. The van der Waals surface area contributed by atoms with E-state index in [1.165, 1.54) is 18.2 Å². The van der Waals surface area contributed by atoms with E-state index in [1.54, 1.807) is 0 Å². The van der Waals surface area contributed by atoms with Crippen LogP contribution >= 0.6 is 23.2 Å². The first-order valence-electron chi connectivity index (χ1n) is 9.37. The van der Waals surface area contributed by atoms with Crippen molar-refractivity contribution in [2.45, 2.75) is 38.8 Å². The second-order valence-electron chi connectivity index (χ2n) is 8.09. The molecule has 0 fully saturated rings. The number of carbonyl (C=O) groups is 1. The summed E-state index contributed by atoms with van der Waals surface area (Å²) in [6.45, 7) is 5.47. The third-order valence-corrected chi connectivity index (χ3v) is 6.49. The summed E-state index contributed by atoms with van der Waals surface area (Å²) < 4.78 is 31.8. The standard InChI is InChI=1S/C21H24Cl2N2O4S/c1-13-5-7-15-17(11-21(2,3)29-19(15)9-13)24-20(26)12-25(30(4,27)28)18-8-6-14(22)10-16(18)23/h5-10,17H,11-12H2,1-4H3,(H,24,26). The van der Waals surface area contributed by atoms with E-state index in [4.69, 9.17) is 27.9 Å². The van der Waals surface area contributed by atoms with Gasteiger partial charge in [0.1, 0.15) is 17.9 Å². The number of benzene rings is 2. The average Bonchev–Trinajstić information content (AvgIpc) is 2.58. The van der Waals surface area contributed by atoms with Gasteiger partial charge in [-0.1, -0.05) is 35.3 Å². The summed E-state index contributed by atoms with van der Waals surface area (Å²) in [6, 6.07) is 9.96. The molecule has 0 aromatic heterocycles. The van der Waals surface area contributed by atoms with Gasteiger partial charge in [-0.3, -0.25) is 9.10 Å². The highest BCUT2D eigenvalue weighted by Crippen LogP contribution is 2.40. The molecule has 0 spiro atoms. The lowest BCUT2D eigenvalue weighted by atomic mass is 9.89. The first-order valence-corrected chi connectivity index (χ1v) is 12.0. The van der Waals surface area contributed by atoms with Gasteiger partial charge in [-0.05, 0) is 50.6 Å². The summed E-state index contributed by atoms with van der Waals surface area (Å²) in [5.41, 5.74) is 1.64. The number of hydrogen-bond acceptors (Lipinski definition) is 4. The highest BCUT2D eigenvalue weighted by molar-refractivity contribution is 7.92. The maximum Gasteiger partial charge on any atom is 0.241 e. The number of aryl methyl sites for hydroxylation is 1. The van der Waals surface area contributed by atoms with Crippen molar-refractivity contribution in [2.75, 3.05) is 17.1 Å². The van der Waals surface area contributed by atoms with E-state index in [2.05, 4.69) is 5.32 Å². The van der Waals surface area contributed by atoms with E-state index < -0.39 is 28.1 Å². The number of nitrogens with one attached hydrogen (secondary N) is 1. The minimum Gasteiger partial charge on any atom is -0.487 e. The zero-order chi connectivity index (χ0) is 22.3. The zero-order valence-corrected chi connectivity index (χ0v) is 19.5. The molecule has 3 rings (SSSR count). The van der Waals surface area contributed by atoms with Crippen molar-refractivity contribution >= 4 is 44.8 Å². The fraction of sp³-hybridized carbons (Fsp3) is 0.381. The molecule has 1 aliphatic rings. The molecule has 1 N–H and O–H groups in total. The second-order valence-corrected chi connectivity index (χ2v) is 10.8. The van der Waals surface area contributed by atoms with Gasteiger partial charge < -0.3 is 10.1 Å². The molecule has 2 aromatic carbocycles. The summed E-state index contributed by atoms with van der Waals surface area (Å²) in [6.07, 6.45) is 1.58. The second kappa shape index (κ2) is 8.29. The number of amides is 1. The molecule has 0 aliphatic carbocycles. The SMILES string of the molecule is Cc1ccc2c(c1)OC(C)(C)CC2NC(=O)CN(c1ccc(Cl)cc1Cl)S(C)(=O)=O. The van der Waals surface area contributed by atoms with Gasteiger partial charge in [0.25, 0.3) is 0 Å².